The monoisotopic (exact) mass is 325 g/mol. The van der Waals surface area contributed by atoms with Crippen molar-refractivity contribution in [1.82, 2.24) is 15.1 Å². The number of nitrogens with one attached hydrogen (secondary N) is 1. The molecule has 2 aliphatic rings. The molecule has 3 rings (SSSR count). The average molecular weight is 325 g/mol. The van der Waals surface area contributed by atoms with Crippen molar-refractivity contribution in [2.45, 2.75) is 38.0 Å². The molecule has 0 aliphatic carbocycles. The van der Waals surface area contributed by atoms with Crippen LogP contribution in [0.5, 0.6) is 0 Å². The molecule has 1 unspecified atom stereocenters. The molecule has 2 saturated heterocycles. The summed E-state index contributed by atoms with van der Waals surface area (Å²) in [5.74, 6) is 0.757. The summed E-state index contributed by atoms with van der Waals surface area (Å²) < 4.78 is 13.9. The van der Waals surface area contributed by atoms with Gasteiger partial charge in [-0.2, -0.15) is 0 Å². The van der Waals surface area contributed by atoms with Crippen molar-refractivity contribution in [2.24, 2.45) is 5.92 Å². The molecular formula is C17H28FN3S. The number of halogens is 1. The Morgan fingerprint density at radius 1 is 1.45 bits per heavy atom. The first-order chi connectivity index (χ1) is 10.7. The van der Waals surface area contributed by atoms with Crippen LogP contribution in [0.1, 0.15) is 24.1 Å². The summed E-state index contributed by atoms with van der Waals surface area (Å²) in [7, 11) is 2.20. The molecular weight excluding hydrogens is 297 g/mol. The summed E-state index contributed by atoms with van der Waals surface area (Å²) in [4.78, 5) is 6.10. The zero-order valence-corrected chi connectivity index (χ0v) is 14.3. The van der Waals surface area contributed by atoms with Crippen molar-refractivity contribution in [3.63, 3.8) is 0 Å². The van der Waals surface area contributed by atoms with E-state index in [1.807, 2.05) is 0 Å². The highest BCUT2D eigenvalue weighted by atomic mass is 32.1. The van der Waals surface area contributed by atoms with Gasteiger partial charge in [0.1, 0.15) is 6.17 Å². The van der Waals surface area contributed by atoms with E-state index in [2.05, 4.69) is 39.7 Å². The first-order valence-electron chi connectivity index (χ1n) is 8.50. The minimum absolute atomic E-state index is 0.360. The second-order valence-electron chi connectivity index (χ2n) is 6.93. The van der Waals surface area contributed by atoms with Crippen LogP contribution >= 0.6 is 11.3 Å². The Bertz CT molecular complexity index is 433. The second kappa shape index (κ2) is 7.86. The van der Waals surface area contributed by atoms with Crippen LogP contribution in [0.3, 0.4) is 0 Å². The third-order valence-electron chi connectivity index (χ3n) is 4.91. The van der Waals surface area contributed by atoms with Gasteiger partial charge >= 0.3 is 0 Å². The van der Waals surface area contributed by atoms with Crippen molar-refractivity contribution in [3.8, 4) is 0 Å². The minimum Gasteiger partial charge on any atom is -0.316 e. The summed E-state index contributed by atoms with van der Waals surface area (Å²) in [6.45, 7) is 5.93. The number of piperidine rings is 1. The Morgan fingerprint density at radius 3 is 3.09 bits per heavy atom. The van der Waals surface area contributed by atoms with Gasteiger partial charge < -0.3 is 10.2 Å². The number of hydrogen-bond acceptors (Lipinski definition) is 4. The molecule has 1 aromatic heterocycles. The third kappa shape index (κ3) is 4.51. The average Bonchev–Trinajstić information content (AvgIpc) is 3.11. The SMILES string of the molecule is CN(CC1CCCNC1)C[C@@H]1C[C@H](F)CN1Cc1cccs1. The summed E-state index contributed by atoms with van der Waals surface area (Å²) in [5.41, 5.74) is 0. The standard InChI is InChI=1S/C17H28FN3S/c1-20(10-14-4-2-6-19-9-14)12-16-8-15(18)11-21(16)13-17-5-3-7-22-17/h3,5,7,14-16,19H,2,4,6,8-13H2,1H3/t14?,15-,16-/m0/s1. The molecule has 0 aromatic carbocycles. The predicted molar refractivity (Wildman–Crippen MR) is 91.1 cm³/mol. The first-order valence-corrected chi connectivity index (χ1v) is 9.38. The summed E-state index contributed by atoms with van der Waals surface area (Å²) in [5, 5.41) is 5.59. The molecule has 1 N–H and O–H groups in total. The topological polar surface area (TPSA) is 18.5 Å². The van der Waals surface area contributed by atoms with Crippen LogP contribution in [0.4, 0.5) is 4.39 Å². The van der Waals surface area contributed by atoms with Crippen LogP contribution in [0.2, 0.25) is 0 Å². The lowest BCUT2D eigenvalue weighted by Crippen LogP contribution is -2.42. The molecule has 2 aliphatic heterocycles. The zero-order valence-electron chi connectivity index (χ0n) is 13.5. The van der Waals surface area contributed by atoms with Crippen LogP contribution in [0.15, 0.2) is 17.5 Å². The van der Waals surface area contributed by atoms with E-state index in [0.717, 1.165) is 32.1 Å². The number of nitrogens with zero attached hydrogens (tertiary/aromatic N) is 2. The Morgan fingerprint density at radius 2 is 2.36 bits per heavy atom. The van der Waals surface area contributed by atoms with Gasteiger partial charge in [0.2, 0.25) is 0 Å². The minimum atomic E-state index is -0.658. The van der Waals surface area contributed by atoms with Gasteiger partial charge in [-0.05, 0) is 56.8 Å². The van der Waals surface area contributed by atoms with Gasteiger partial charge in [-0.15, -0.1) is 11.3 Å². The molecule has 0 spiro atoms. The van der Waals surface area contributed by atoms with Crippen LogP contribution in [0.25, 0.3) is 0 Å². The molecule has 2 fully saturated rings. The molecule has 1 aromatic rings. The third-order valence-corrected chi connectivity index (χ3v) is 5.77. The molecule has 3 heterocycles. The van der Waals surface area contributed by atoms with Crippen molar-refractivity contribution < 1.29 is 4.39 Å². The molecule has 3 atom stereocenters. The number of likely N-dealkylation sites (N-methyl/N-ethyl adjacent to an activating group) is 1. The molecule has 3 nitrogen and oxygen atoms in total. The van der Waals surface area contributed by atoms with E-state index in [1.54, 1.807) is 11.3 Å². The maximum atomic E-state index is 13.9. The maximum absolute atomic E-state index is 13.9. The highest BCUT2D eigenvalue weighted by Gasteiger charge is 2.33. The molecule has 22 heavy (non-hydrogen) atoms. The molecule has 0 saturated carbocycles. The van der Waals surface area contributed by atoms with E-state index in [1.165, 1.54) is 24.3 Å². The molecule has 0 bridgehead atoms. The van der Waals surface area contributed by atoms with Crippen LogP contribution < -0.4 is 5.32 Å². The van der Waals surface area contributed by atoms with Crippen molar-refractivity contribution >= 4 is 11.3 Å². The largest absolute Gasteiger partial charge is 0.316 e. The summed E-state index contributed by atoms with van der Waals surface area (Å²) in [6.07, 6.45) is 2.65. The lowest BCUT2D eigenvalue weighted by atomic mass is 9.99. The van der Waals surface area contributed by atoms with E-state index in [0.29, 0.717) is 19.0 Å². The Labute approximate surface area is 137 Å². The lowest BCUT2D eigenvalue weighted by Gasteiger charge is -2.31. The van der Waals surface area contributed by atoms with Gasteiger partial charge in [0, 0.05) is 37.1 Å². The number of rotatable bonds is 6. The molecule has 5 heteroatoms. The fraction of sp³-hybridized carbons (Fsp3) is 0.765. The second-order valence-corrected chi connectivity index (χ2v) is 7.96. The normalized spacial score (nSPS) is 30.2. The smallest absolute Gasteiger partial charge is 0.114 e. The van der Waals surface area contributed by atoms with Gasteiger partial charge in [0.05, 0.1) is 0 Å². The highest BCUT2D eigenvalue weighted by molar-refractivity contribution is 7.09. The van der Waals surface area contributed by atoms with Crippen molar-refractivity contribution in [3.05, 3.63) is 22.4 Å². The molecule has 0 radical (unpaired) electrons. The number of thiophene rings is 1. The van der Waals surface area contributed by atoms with Crippen LogP contribution in [-0.4, -0.2) is 61.8 Å². The quantitative estimate of drug-likeness (QED) is 0.867. The van der Waals surface area contributed by atoms with Crippen molar-refractivity contribution in [1.29, 1.82) is 0 Å². The van der Waals surface area contributed by atoms with E-state index < -0.39 is 6.17 Å². The number of hydrogen-bond donors (Lipinski definition) is 1. The summed E-state index contributed by atoms with van der Waals surface area (Å²) >= 11 is 1.77. The zero-order chi connectivity index (χ0) is 15.4. The van der Waals surface area contributed by atoms with E-state index in [-0.39, 0.29) is 0 Å². The van der Waals surface area contributed by atoms with Crippen LogP contribution in [-0.2, 0) is 6.54 Å². The van der Waals surface area contributed by atoms with Crippen molar-refractivity contribution in [2.75, 3.05) is 39.8 Å². The van der Waals surface area contributed by atoms with Crippen LogP contribution in [0, 0.1) is 5.92 Å². The fourth-order valence-electron chi connectivity index (χ4n) is 3.86. The molecule has 0 amide bonds. The first kappa shape index (κ1) is 16.4. The fourth-order valence-corrected chi connectivity index (χ4v) is 4.59. The highest BCUT2D eigenvalue weighted by Crippen LogP contribution is 2.25. The maximum Gasteiger partial charge on any atom is 0.114 e. The summed E-state index contributed by atoms with van der Waals surface area (Å²) in [6, 6.07) is 4.60. The van der Waals surface area contributed by atoms with E-state index in [9.17, 15) is 4.39 Å². The lowest BCUT2D eigenvalue weighted by molar-refractivity contribution is 0.165. The Hall–Kier alpha value is -0.490. The Balaban J connectivity index is 1.50. The van der Waals surface area contributed by atoms with Gasteiger partial charge in [-0.25, -0.2) is 4.39 Å². The molecule has 124 valence electrons. The van der Waals surface area contributed by atoms with Gasteiger partial charge in [-0.1, -0.05) is 6.07 Å². The van der Waals surface area contributed by atoms with E-state index >= 15 is 0 Å². The van der Waals surface area contributed by atoms with Gasteiger partial charge in [-0.3, -0.25) is 4.90 Å². The number of likely N-dealkylation sites (tertiary alicyclic amines) is 1. The van der Waals surface area contributed by atoms with E-state index in [4.69, 9.17) is 0 Å². The van der Waals surface area contributed by atoms with Gasteiger partial charge in [0.15, 0.2) is 0 Å². The van der Waals surface area contributed by atoms with Gasteiger partial charge in [0.25, 0.3) is 0 Å². The Kier molecular flexibility index (Phi) is 5.85. The predicted octanol–water partition coefficient (Wildman–Crippen LogP) is 2.59. The number of alkyl halides is 1.